The van der Waals surface area contributed by atoms with Gasteiger partial charge in [0.2, 0.25) is 0 Å². The van der Waals surface area contributed by atoms with Gasteiger partial charge in [0, 0.05) is 38.0 Å². The molecule has 0 aliphatic carbocycles. The molecule has 158 valence electrons. The number of anilines is 1. The second kappa shape index (κ2) is 8.23. The molecule has 9 heteroatoms. The molecule has 2 heterocycles. The molecule has 1 fully saturated rings. The van der Waals surface area contributed by atoms with Crippen molar-refractivity contribution >= 4 is 28.8 Å². The monoisotopic (exact) mass is 435 g/mol. The highest BCUT2D eigenvalue weighted by molar-refractivity contribution is 7.80. The van der Waals surface area contributed by atoms with Gasteiger partial charge in [-0.2, -0.15) is 13.2 Å². The Morgan fingerprint density at radius 2 is 1.73 bits per heavy atom. The highest BCUT2D eigenvalue weighted by atomic mass is 32.1. The number of nitrogens with one attached hydrogen (secondary N) is 1. The van der Waals surface area contributed by atoms with Gasteiger partial charge < -0.3 is 15.0 Å². The smallest absolute Gasteiger partial charge is 0.388 e. The summed E-state index contributed by atoms with van der Waals surface area (Å²) in [5, 5.41) is 9.23. The van der Waals surface area contributed by atoms with E-state index in [-0.39, 0.29) is 5.17 Å². The van der Waals surface area contributed by atoms with Gasteiger partial charge in [-0.25, -0.2) is 0 Å². The summed E-state index contributed by atoms with van der Waals surface area (Å²) in [5.74, 6) is 0. The molecule has 0 saturated carbocycles. The second-order valence-corrected chi connectivity index (χ2v) is 7.73. The van der Waals surface area contributed by atoms with Gasteiger partial charge in [-0.15, -0.1) is 5.06 Å². The zero-order valence-electron chi connectivity index (χ0n) is 16.0. The van der Waals surface area contributed by atoms with Gasteiger partial charge in [0.15, 0.2) is 0 Å². The van der Waals surface area contributed by atoms with Crippen molar-refractivity contribution < 1.29 is 22.8 Å². The highest BCUT2D eigenvalue weighted by Gasteiger charge is 2.43. The maximum atomic E-state index is 12.7. The molecule has 1 spiro atoms. The fourth-order valence-electron chi connectivity index (χ4n) is 3.56. The predicted octanol–water partition coefficient (Wildman–Crippen LogP) is 4.99. The van der Waals surface area contributed by atoms with Crippen molar-refractivity contribution in [2.45, 2.75) is 31.0 Å². The van der Waals surface area contributed by atoms with Crippen LogP contribution in [0.25, 0.3) is 0 Å². The van der Waals surface area contributed by atoms with Crippen LogP contribution in [-0.4, -0.2) is 34.6 Å². The molecule has 2 aliphatic heterocycles. The Kier molecular flexibility index (Phi) is 5.66. The molecule has 5 nitrogen and oxygen atoms in total. The Labute approximate surface area is 177 Å². The van der Waals surface area contributed by atoms with E-state index in [4.69, 9.17) is 21.9 Å². The largest absolute Gasteiger partial charge is 0.416 e. The summed E-state index contributed by atoms with van der Waals surface area (Å²) in [5.41, 5.74) is 1.04. The number of para-hydroxylation sites is 1. The number of hydrogen-bond acceptors (Lipinski definition) is 5. The number of benzene rings is 2. The first-order valence-corrected chi connectivity index (χ1v) is 9.96. The molecule has 0 atom stereocenters. The molecule has 2 aliphatic rings. The van der Waals surface area contributed by atoms with Crippen molar-refractivity contribution in [3.05, 3.63) is 65.7 Å². The number of alkyl halides is 3. The van der Waals surface area contributed by atoms with Crippen molar-refractivity contribution in [3.8, 4) is 0 Å². The molecule has 0 aromatic heterocycles. The van der Waals surface area contributed by atoms with Crippen molar-refractivity contribution in [2.75, 3.05) is 18.4 Å². The lowest BCUT2D eigenvalue weighted by molar-refractivity contribution is -0.143. The minimum absolute atomic E-state index is 0.270. The van der Waals surface area contributed by atoms with Crippen LogP contribution in [-0.2, 0) is 15.9 Å². The van der Waals surface area contributed by atoms with E-state index in [1.807, 2.05) is 30.3 Å². The average Bonchev–Trinajstić information content (AvgIpc) is 3.14. The number of hydrogen-bond donors (Lipinski definition) is 1. The molecule has 2 aromatic carbocycles. The Morgan fingerprint density at radius 3 is 2.37 bits per heavy atom. The summed E-state index contributed by atoms with van der Waals surface area (Å²) in [6, 6.07) is 14.5. The third kappa shape index (κ3) is 4.73. The summed E-state index contributed by atoms with van der Waals surface area (Å²) in [6.45, 7) is 1.21. The van der Waals surface area contributed by atoms with Crippen LogP contribution in [0.3, 0.4) is 0 Å². The van der Waals surface area contributed by atoms with E-state index in [1.165, 1.54) is 12.1 Å². The molecule has 1 saturated heterocycles. The van der Waals surface area contributed by atoms with Gasteiger partial charge in [0.1, 0.15) is 5.60 Å². The van der Waals surface area contributed by atoms with E-state index in [1.54, 1.807) is 5.06 Å². The van der Waals surface area contributed by atoms with Crippen LogP contribution in [0.2, 0.25) is 0 Å². The summed E-state index contributed by atoms with van der Waals surface area (Å²) < 4.78 is 38.2. The van der Waals surface area contributed by atoms with Crippen molar-refractivity contribution in [1.29, 1.82) is 0 Å². The molecular weight excluding hydrogens is 415 g/mol. The van der Waals surface area contributed by atoms with Gasteiger partial charge in [-0.3, -0.25) is 0 Å². The van der Waals surface area contributed by atoms with E-state index in [9.17, 15) is 13.2 Å². The highest BCUT2D eigenvalue weighted by Crippen LogP contribution is 2.37. The second-order valence-electron chi connectivity index (χ2n) is 7.36. The Bertz CT molecular complexity index is 925. The van der Waals surface area contributed by atoms with E-state index < -0.39 is 17.3 Å². The molecule has 0 amide bonds. The number of thiocarbonyl (C=S) groups is 1. The molecule has 0 radical (unpaired) electrons. The number of hydroxylamine groups is 2. The van der Waals surface area contributed by atoms with Crippen LogP contribution < -0.4 is 5.32 Å². The summed E-state index contributed by atoms with van der Waals surface area (Å²) in [7, 11) is 0. The third-order valence-electron chi connectivity index (χ3n) is 5.25. The standard InChI is InChI=1S/C21H20F3N3O2S/c22-21(23,24)16-8-6-15(7-9-16)18-14-20(29-26-18)10-12-27(13-11-20)28-19(30)25-17-4-2-1-3-5-17/h1-9H,10-14H2,(H,25,30). The number of rotatable bonds is 3. The van der Waals surface area contributed by atoms with Gasteiger partial charge in [-0.05, 0) is 42.0 Å². The first-order chi connectivity index (χ1) is 14.3. The lowest BCUT2D eigenvalue weighted by Gasteiger charge is -2.36. The van der Waals surface area contributed by atoms with E-state index in [2.05, 4.69) is 10.5 Å². The van der Waals surface area contributed by atoms with Gasteiger partial charge >= 0.3 is 6.18 Å². The summed E-state index contributed by atoms with van der Waals surface area (Å²) >= 11 is 5.25. The van der Waals surface area contributed by atoms with Crippen LogP contribution >= 0.6 is 12.2 Å². The predicted molar refractivity (Wildman–Crippen MR) is 111 cm³/mol. The lowest BCUT2D eigenvalue weighted by Crippen LogP contribution is -2.45. The molecule has 0 bridgehead atoms. The summed E-state index contributed by atoms with van der Waals surface area (Å²) in [6.07, 6.45) is -2.45. The van der Waals surface area contributed by atoms with Gasteiger partial charge in [0.25, 0.3) is 5.17 Å². The molecule has 2 aromatic rings. The maximum absolute atomic E-state index is 12.7. The molecule has 30 heavy (non-hydrogen) atoms. The number of oxime groups is 1. The molecule has 0 unspecified atom stereocenters. The quantitative estimate of drug-likeness (QED) is 0.688. The number of halogens is 3. The average molecular weight is 435 g/mol. The normalized spacial score (nSPS) is 18.6. The summed E-state index contributed by atoms with van der Waals surface area (Å²) in [4.78, 5) is 11.4. The van der Waals surface area contributed by atoms with Crippen LogP contribution in [0.15, 0.2) is 59.8 Å². The van der Waals surface area contributed by atoms with Gasteiger partial charge in [-0.1, -0.05) is 35.5 Å². The topological polar surface area (TPSA) is 46.1 Å². The zero-order chi connectivity index (χ0) is 21.2. The minimum atomic E-state index is -4.35. The Hall–Kier alpha value is -2.65. The fourth-order valence-corrected chi connectivity index (χ4v) is 3.78. The van der Waals surface area contributed by atoms with Crippen LogP contribution in [0.1, 0.15) is 30.4 Å². The van der Waals surface area contributed by atoms with Gasteiger partial charge in [0.05, 0.1) is 11.3 Å². The first kappa shape index (κ1) is 20.6. The van der Waals surface area contributed by atoms with Crippen LogP contribution in [0, 0.1) is 0 Å². The zero-order valence-corrected chi connectivity index (χ0v) is 16.8. The molecule has 4 rings (SSSR count). The van der Waals surface area contributed by atoms with Crippen molar-refractivity contribution in [3.63, 3.8) is 0 Å². The molecule has 1 N–H and O–H groups in total. The first-order valence-electron chi connectivity index (χ1n) is 9.55. The van der Waals surface area contributed by atoms with E-state index in [0.29, 0.717) is 43.6 Å². The van der Waals surface area contributed by atoms with Crippen LogP contribution in [0.5, 0.6) is 0 Å². The number of piperidine rings is 1. The Morgan fingerprint density at radius 1 is 1.07 bits per heavy atom. The SMILES string of the molecule is FC(F)(F)c1ccc(C2=NOC3(CCN(OC(=S)Nc4ccccc4)CC3)C2)cc1. The van der Waals surface area contributed by atoms with E-state index >= 15 is 0 Å². The van der Waals surface area contributed by atoms with Crippen molar-refractivity contribution in [1.82, 2.24) is 5.06 Å². The molecular formula is C21H20F3N3O2S. The van der Waals surface area contributed by atoms with Crippen LogP contribution in [0.4, 0.5) is 18.9 Å². The lowest BCUT2D eigenvalue weighted by atomic mass is 9.86. The van der Waals surface area contributed by atoms with E-state index in [0.717, 1.165) is 17.8 Å². The van der Waals surface area contributed by atoms with Crippen molar-refractivity contribution in [2.24, 2.45) is 5.16 Å². The minimum Gasteiger partial charge on any atom is -0.388 e. The third-order valence-corrected chi connectivity index (χ3v) is 5.43. The fraction of sp³-hybridized carbons (Fsp3) is 0.333. The Balaban J connectivity index is 1.29. The maximum Gasteiger partial charge on any atom is 0.416 e. The number of nitrogens with zero attached hydrogens (tertiary/aromatic N) is 2.